The van der Waals surface area contributed by atoms with E-state index in [1.165, 1.54) is 24.3 Å². The van der Waals surface area contributed by atoms with E-state index in [1.54, 1.807) is 0 Å². The second kappa shape index (κ2) is 6.49. The van der Waals surface area contributed by atoms with Gasteiger partial charge in [0.05, 0.1) is 0 Å². The number of nitrogens with two attached hydrogens (primary N) is 1. The second-order valence-electron chi connectivity index (χ2n) is 4.33. The zero-order chi connectivity index (χ0) is 15.3. The van der Waals surface area contributed by atoms with E-state index in [9.17, 15) is 13.2 Å². The van der Waals surface area contributed by atoms with E-state index in [4.69, 9.17) is 10.5 Å². The highest BCUT2D eigenvalue weighted by molar-refractivity contribution is 5.32. The summed E-state index contributed by atoms with van der Waals surface area (Å²) in [6.45, 7) is 0.755. The molecule has 3 nitrogen and oxygen atoms in total. The maximum Gasteiger partial charge on any atom is 0.573 e. The van der Waals surface area contributed by atoms with Crippen LogP contribution in [0.15, 0.2) is 48.5 Å². The minimum atomic E-state index is -4.69. The Balaban J connectivity index is 1.94. The van der Waals surface area contributed by atoms with Gasteiger partial charge in [0.15, 0.2) is 0 Å². The van der Waals surface area contributed by atoms with Crippen LogP contribution in [0.3, 0.4) is 0 Å². The van der Waals surface area contributed by atoms with Gasteiger partial charge in [0, 0.05) is 6.54 Å². The molecule has 0 atom stereocenters. The molecule has 6 heteroatoms. The lowest BCUT2D eigenvalue weighted by Gasteiger charge is -2.10. The summed E-state index contributed by atoms with van der Waals surface area (Å²) in [5.74, 6) is 0.183. The number of alkyl halides is 3. The first-order valence-corrected chi connectivity index (χ1v) is 6.23. The third-order valence-corrected chi connectivity index (χ3v) is 2.69. The molecule has 0 aliphatic carbocycles. The number of rotatable bonds is 5. The number of halogens is 3. The van der Waals surface area contributed by atoms with Crippen molar-refractivity contribution in [1.29, 1.82) is 0 Å². The highest BCUT2D eigenvalue weighted by Crippen LogP contribution is 2.25. The van der Waals surface area contributed by atoms with Crippen molar-refractivity contribution in [2.75, 3.05) is 0 Å². The van der Waals surface area contributed by atoms with Crippen LogP contribution in [0.2, 0.25) is 0 Å². The minimum absolute atomic E-state index is 0.278. The Labute approximate surface area is 120 Å². The molecule has 2 aromatic rings. The van der Waals surface area contributed by atoms with E-state index in [2.05, 4.69) is 4.74 Å². The summed E-state index contributed by atoms with van der Waals surface area (Å²) in [4.78, 5) is 0. The van der Waals surface area contributed by atoms with Gasteiger partial charge in [0.25, 0.3) is 0 Å². The summed E-state index contributed by atoms with van der Waals surface area (Å²) in [5, 5.41) is 0. The Morgan fingerprint density at radius 3 is 2.14 bits per heavy atom. The lowest BCUT2D eigenvalue weighted by molar-refractivity contribution is -0.274. The molecule has 0 heterocycles. The Hall–Kier alpha value is -2.21. The maximum atomic E-state index is 12.0. The van der Waals surface area contributed by atoms with Gasteiger partial charge < -0.3 is 15.2 Å². The summed E-state index contributed by atoms with van der Waals surface area (Å²) in [7, 11) is 0. The summed E-state index contributed by atoms with van der Waals surface area (Å²) in [6.07, 6.45) is -4.69. The third kappa shape index (κ3) is 5.00. The van der Waals surface area contributed by atoms with Gasteiger partial charge in [-0.1, -0.05) is 24.3 Å². The van der Waals surface area contributed by atoms with E-state index in [0.29, 0.717) is 18.9 Å². The van der Waals surface area contributed by atoms with Crippen molar-refractivity contribution in [2.24, 2.45) is 5.73 Å². The fourth-order valence-electron chi connectivity index (χ4n) is 1.75. The van der Waals surface area contributed by atoms with Crippen molar-refractivity contribution in [2.45, 2.75) is 19.5 Å². The van der Waals surface area contributed by atoms with Crippen LogP contribution in [-0.2, 0) is 13.2 Å². The van der Waals surface area contributed by atoms with Gasteiger partial charge in [0.1, 0.15) is 18.1 Å². The molecule has 0 amide bonds. The summed E-state index contributed by atoms with van der Waals surface area (Å²) < 4.78 is 45.3. The topological polar surface area (TPSA) is 44.5 Å². The van der Waals surface area contributed by atoms with Crippen LogP contribution in [0.1, 0.15) is 11.1 Å². The second-order valence-corrected chi connectivity index (χ2v) is 4.33. The lowest BCUT2D eigenvalue weighted by atomic mass is 10.1. The summed E-state index contributed by atoms with van der Waals surface area (Å²) >= 11 is 0. The molecule has 0 saturated heterocycles. The number of hydrogen-bond donors (Lipinski definition) is 1. The van der Waals surface area contributed by atoms with Crippen molar-refractivity contribution in [3.8, 4) is 11.5 Å². The first kappa shape index (κ1) is 15.2. The first-order chi connectivity index (χ1) is 9.96. The molecule has 0 aliphatic rings. The standard InChI is InChI=1S/C15H14F3NO2/c16-15(17,18)21-14-6-4-13(5-7-14)20-10-12-3-1-2-11(8-12)9-19/h1-8H,9-10,19H2. The molecule has 2 rings (SSSR count). The van der Waals surface area contributed by atoms with E-state index < -0.39 is 6.36 Å². The monoisotopic (exact) mass is 297 g/mol. The molecule has 0 spiro atoms. The molecule has 0 unspecified atom stereocenters. The summed E-state index contributed by atoms with van der Waals surface area (Å²) in [5.41, 5.74) is 7.48. The zero-order valence-electron chi connectivity index (χ0n) is 11.1. The normalized spacial score (nSPS) is 11.2. The zero-order valence-corrected chi connectivity index (χ0v) is 11.1. The Kier molecular flexibility index (Phi) is 4.70. The van der Waals surface area contributed by atoms with E-state index in [1.807, 2.05) is 24.3 Å². The molecule has 0 fully saturated rings. The average Bonchev–Trinajstić information content (AvgIpc) is 2.45. The predicted molar refractivity (Wildman–Crippen MR) is 71.8 cm³/mol. The molecule has 0 aromatic heterocycles. The molecule has 0 bridgehead atoms. The van der Waals surface area contributed by atoms with Crippen molar-refractivity contribution < 1.29 is 22.6 Å². The van der Waals surface area contributed by atoms with Crippen molar-refractivity contribution >= 4 is 0 Å². The average molecular weight is 297 g/mol. The van der Waals surface area contributed by atoms with Gasteiger partial charge >= 0.3 is 6.36 Å². The van der Waals surface area contributed by atoms with Crippen LogP contribution in [0.25, 0.3) is 0 Å². The SMILES string of the molecule is NCc1cccc(COc2ccc(OC(F)(F)F)cc2)c1. The fraction of sp³-hybridized carbons (Fsp3) is 0.200. The molecular formula is C15H14F3NO2. The molecule has 0 radical (unpaired) electrons. The highest BCUT2D eigenvalue weighted by Gasteiger charge is 2.30. The van der Waals surface area contributed by atoms with Gasteiger partial charge in [-0.2, -0.15) is 0 Å². The quantitative estimate of drug-likeness (QED) is 0.916. The van der Waals surface area contributed by atoms with Gasteiger partial charge in [0.2, 0.25) is 0 Å². The van der Waals surface area contributed by atoms with Crippen molar-refractivity contribution in [1.82, 2.24) is 0 Å². The van der Waals surface area contributed by atoms with Crippen molar-refractivity contribution in [3.63, 3.8) is 0 Å². The van der Waals surface area contributed by atoms with Crippen LogP contribution in [0, 0.1) is 0 Å². The van der Waals surface area contributed by atoms with Crippen LogP contribution < -0.4 is 15.2 Å². The van der Waals surface area contributed by atoms with Gasteiger partial charge in [-0.15, -0.1) is 13.2 Å². The molecule has 2 aromatic carbocycles. The highest BCUT2D eigenvalue weighted by atomic mass is 19.4. The maximum absolute atomic E-state index is 12.0. The van der Waals surface area contributed by atoms with Gasteiger partial charge in [-0.05, 0) is 35.4 Å². The lowest BCUT2D eigenvalue weighted by Crippen LogP contribution is -2.16. The number of hydrogen-bond acceptors (Lipinski definition) is 3. The van der Waals surface area contributed by atoms with E-state index in [0.717, 1.165) is 11.1 Å². The number of benzene rings is 2. The van der Waals surface area contributed by atoms with E-state index >= 15 is 0 Å². The fourth-order valence-corrected chi connectivity index (χ4v) is 1.75. The molecule has 112 valence electrons. The van der Waals surface area contributed by atoms with Crippen LogP contribution in [0.4, 0.5) is 13.2 Å². The summed E-state index contributed by atoms with van der Waals surface area (Å²) in [6, 6.07) is 12.9. The first-order valence-electron chi connectivity index (χ1n) is 6.23. The number of ether oxygens (including phenoxy) is 2. The van der Waals surface area contributed by atoms with E-state index in [-0.39, 0.29) is 5.75 Å². The predicted octanol–water partition coefficient (Wildman–Crippen LogP) is 3.62. The minimum Gasteiger partial charge on any atom is -0.489 e. The molecule has 2 N–H and O–H groups in total. The molecule has 21 heavy (non-hydrogen) atoms. The van der Waals surface area contributed by atoms with Gasteiger partial charge in [-0.25, -0.2) is 0 Å². The smallest absolute Gasteiger partial charge is 0.489 e. The van der Waals surface area contributed by atoms with Crippen LogP contribution in [-0.4, -0.2) is 6.36 Å². The van der Waals surface area contributed by atoms with Crippen molar-refractivity contribution in [3.05, 3.63) is 59.7 Å². The molecule has 0 saturated carbocycles. The largest absolute Gasteiger partial charge is 0.573 e. The van der Waals surface area contributed by atoms with Gasteiger partial charge in [-0.3, -0.25) is 0 Å². The van der Waals surface area contributed by atoms with Crippen LogP contribution >= 0.6 is 0 Å². The van der Waals surface area contributed by atoms with Crippen LogP contribution in [0.5, 0.6) is 11.5 Å². The molecular weight excluding hydrogens is 283 g/mol. The Morgan fingerprint density at radius 1 is 0.905 bits per heavy atom. The Morgan fingerprint density at radius 2 is 1.52 bits per heavy atom. The third-order valence-electron chi connectivity index (χ3n) is 2.69. The molecule has 0 aliphatic heterocycles. The Bertz CT molecular complexity index is 582.